The molecule has 0 aliphatic carbocycles. The van der Waals surface area contributed by atoms with E-state index in [2.05, 4.69) is 30.1 Å². The fourth-order valence-electron chi connectivity index (χ4n) is 3.40. The Morgan fingerprint density at radius 3 is 2.56 bits per heavy atom. The van der Waals surface area contributed by atoms with Crippen molar-refractivity contribution in [2.24, 2.45) is 0 Å². The maximum atomic E-state index is 12.5. The van der Waals surface area contributed by atoms with Gasteiger partial charge in [0.05, 0.1) is 13.2 Å². The van der Waals surface area contributed by atoms with Gasteiger partial charge in [-0.05, 0) is 30.5 Å². The van der Waals surface area contributed by atoms with Gasteiger partial charge in [-0.25, -0.2) is 15.0 Å². The van der Waals surface area contributed by atoms with E-state index in [1.807, 2.05) is 12.1 Å². The molecule has 27 heavy (non-hydrogen) atoms. The second-order valence-electron chi connectivity index (χ2n) is 6.76. The van der Waals surface area contributed by atoms with Gasteiger partial charge in [0, 0.05) is 45.0 Å². The van der Waals surface area contributed by atoms with Crippen LogP contribution >= 0.6 is 0 Å². The van der Waals surface area contributed by atoms with Crippen LogP contribution in [0.25, 0.3) is 0 Å². The predicted molar refractivity (Wildman–Crippen MR) is 102 cm³/mol. The molecule has 1 N–H and O–H groups in total. The van der Waals surface area contributed by atoms with E-state index >= 15 is 0 Å². The smallest absolute Gasteiger partial charge is 0.270 e. The first-order valence-corrected chi connectivity index (χ1v) is 9.42. The first-order valence-electron chi connectivity index (χ1n) is 9.42. The zero-order valence-electron chi connectivity index (χ0n) is 15.3. The van der Waals surface area contributed by atoms with Crippen LogP contribution in [0.1, 0.15) is 28.9 Å². The maximum Gasteiger partial charge on any atom is 0.270 e. The zero-order valence-corrected chi connectivity index (χ0v) is 15.3. The van der Waals surface area contributed by atoms with E-state index in [0.717, 1.165) is 56.6 Å². The largest absolute Gasteiger partial charge is 0.378 e. The molecule has 2 aromatic heterocycles. The van der Waals surface area contributed by atoms with Gasteiger partial charge in [-0.2, -0.15) is 0 Å². The number of pyridine rings is 1. The van der Waals surface area contributed by atoms with Crippen molar-refractivity contribution in [3.8, 4) is 0 Å². The highest BCUT2D eigenvalue weighted by Gasteiger charge is 2.17. The molecule has 2 saturated heterocycles. The standard InChI is InChI=1S/C19H24N6O2/c26-19(16-12-18(23-14-22-16)24-5-1-2-6-24)21-13-15-3-4-20-17(11-15)25-7-9-27-10-8-25/h3-4,11-12,14H,1-2,5-10,13H2,(H,21,26). The van der Waals surface area contributed by atoms with E-state index in [0.29, 0.717) is 12.2 Å². The van der Waals surface area contributed by atoms with E-state index in [1.165, 1.54) is 19.2 Å². The summed E-state index contributed by atoms with van der Waals surface area (Å²) < 4.78 is 5.38. The van der Waals surface area contributed by atoms with Gasteiger partial charge in [-0.15, -0.1) is 0 Å². The molecule has 0 spiro atoms. The highest BCUT2D eigenvalue weighted by atomic mass is 16.5. The van der Waals surface area contributed by atoms with E-state index < -0.39 is 0 Å². The van der Waals surface area contributed by atoms with Gasteiger partial charge in [-0.1, -0.05) is 0 Å². The Bertz CT molecular complexity index is 787. The van der Waals surface area contributed by atoms with Gasteiger partial charge in [0.1, 0.15) is 23.7 Å². The van der Waals surface area contributed by atoms with Gasteiger partial charge in [-0.3, -0.25) is 4.79 Å². The van der Waals surface area contributed by atoms with E-state index in [1.54, 1.807) is 12.3 Å². The minimum Gasteiger partial charge on any atom is -0.378 e. The lowest BCUT2D eigenvalue weighted by Crippen LogP contribution is -2.36. The first-order chi connectivity index (χ1) is 13.3. The van der Waals surface area contributed by atoms with Crippen molar-refractivity contribution in [2.75, 3.05) is 49.2 Å². The summed E-state index contributed by atoms with van der Waals surface area (Å²) in [4.78, 5) is 29.8. The molecule has 2 aliphatic heterocycles. The third-order valence-electron chi connectivity index (χ3n) is 4.91. The van der Waals surface area contributed by atoms with Crippen molar-refractivity contribution in [1.82, 2.24) is 20.3 Å². The van der Waals surface area contributed by atoms with Crippen LogP contribution in [0.15, 0.2) is 30.7 Å². The fraction of sp³-hybridized carbons (Fsp3) is 0.474. The Labute approximate surface area is 158 Å². The second kappa shape index (κ2) is 8.30. The molecule has 1 amide bonds. The molecule has 4 heterocycles. The summed E-state index contributed by atoms with van der Waals surface area (Å²) >= 11 is 0. The summed E-state index contributed by atoms with van der Waals surface area (Å²) in [6, 6.07) is 5.70. The fourth-order valence-corrected chi connectivity index (χ4v) is 3.40. The molecule has 0 saturated carbocycles. The number of carbonyl (C=O) groups is 1. The molecule has 2 aliphatic rings. The molecule has 2 fully saturated rings. The molecule has 8 heteroatoms. The third-order valence-corrected chi connectivity index (χ3v) is 4.91. The number of ether oxygens (including phenoxy) is 1. The number of amides is 1. The van der Waals surface area contributed by atoms with Crippen LogP contribution < -0.4 is 15.1 Å². The summed E-state index contributed by atoms with van der Waals surface area (Å²) in [5, 5.41) is 2.94. The minimum atomic E-state index is -0.192. The Kier molecular flexibility index (Phi) is 5.43. The lowest BCUT2D eigenvalue weighted by Gasteiger charge is -2.28. The zero-order chi connectivity index (χ0) is 18.5. The van der Waals surface area contributed by atoms with Crippen molar-refractivity contribution < 1.29 is 9.53 Å². The summed E-state index contributed by atoms with van der Waals surface area (Å²) in [5.41, 5.74) is 1.41. The number of hydrogen-bond donors (Lipinski definition) is 1. The second-order valence-corrected chi connectivity index (χ2v) is 6.76. The number of rotatable bonds is 5. The molecule has 8 nitrogen and oxygen atoms in total. The molecule has 0 bridgehead atoms. The average Bonchev–Trinajstić information content (AvgIpc) is 3.28. The van der Waals surface area contributed by atoms with E-state index in [-0.39, 0.29) is 5.91 Å². The van der Waals surface area contributed by atoms with Crippen LogP contribution in [0.2, 0.25) is 0 Å². The lowest BCUT2D eigenvalue weighted by molar-refractivity contribution is 0.0945. The van der Waals surface area contributed by atoms with Crippen LogP contribution in [0.3, 0.4) is 0 Å². The number of carbonyl (C=O) groups excluding carboxylic acids is 1. The Morgan fingerprint density at radius 2 is 1.74 bits per heavy atom. The van der Waals surface area contributed by atoms with Crippen molar-refractivity contribution in [1.29, 1.82) is 0 Å². The van der Waals surface area contributed by atoms with E-state index in [4.69, 9.17) is 4.74 Å². The Morgan fingerprint density at radius 1 is 1.00 bits per heavy atom. The van der Waals surface area contributed by atoms with Crippen molar-refractivity contribution in [3.63, 3.8) is 0 Å². The predicted octanol–water partition coefficient (Wildman–Crippen LogP) is 1.24. The topological polar surface area (TPSA) is 83.5 Å². The van der Waals surface area contributed by atoms with Gasteiger partial charge in [0.2, 0.25) is 0 Å². The number of morpholine rings is 1. The SMILES string of the molecule is O=C(NCc1ccnc(N2CCOCC2)c1)c1cc(N2CCCC2)ncn1. The lowest BCUT2D eigenvalue weighted by atomic mass is 10.2. The number of nitrogens with zero attached hydrogens (tertiary/aromatic N) is 5. The number of nitrogens with one attached hydrogen (secondary N) is 1. The Hall–Kier alpha value is -2.74. The highest BCUT2D eigenvalue weighted by Crippen LogP contribution is 2.18. The molecule has 142 valence electrons. The first kappa shape index (κ1) is 17.7. The molecular weight excluding hydrogens is 344 g/mol. The van der Waals surface area contributed by atoms with Crippen molar-refractivity contribution in [3.05, 3.63) is 42.0 Å². The summed E-state index contributed by atoms with van der Waals surface area (Å²) in [7, 11) is 0. The van der Waals surface area contributed by atoms with Crippen LogP contribution in [0, 0.1) is 0 Å². The molecule has 2 aromatic rings. The van der Waals surface area contributed by atoms with E-state index in [9.17, 15) is 4.79 Å². The van der Waals surface area contributed by atoms with Crippen molar-refractivity contribution >= 4 is 17.5 Å². The number of aromatic nitrogens is 3. The molecule has 0 aromatic carbocycles. The molecule has 0 atom stereocenters. The van der Waals surface area contributed by atoms with Gasteiger partial charge in [0.25, 0.3) is 5.91 Å². The third kappa shape index (κ3) is 4.33. The molecule has 0 unspecified atom stereocenters. The minimum absolute atomic E-state index is 0.192. The van der Waals surface area contributed by atoms with Crippen LogP contribution in [0.5, 0.6) is 0 Å². The summed E-state index contributed by atoms with van der Waals surface area (Å²) in [5.74, 6) is 1.55. The molecule has 0 radical (unpaired) electrons. The molecule has 4 rings (SSSR count). The normalized spacial score (nSPS) is 17.2. The summed E-state index contributed by atoms with van der Waals surface area (Å²) in [6.07, 6.45) is 5.58. The number of anilines is 2. The number of hydrogen-bond acceptors (Lipinski definition) is 7. The maximum absolute atomic E-state index is 12.5. The monoisotopic (exact) mass is 368 g/mol. The Balaban J connectivity index is 1.38. The summed E-state index contributed by atoms with van der Waals surface area (Å²) in [6.45, 7) is 5.51. The molecular formula is C19H24N6O2. The van der Waals surface area contributed by atoms with Gasteiger partial charge >= 0.3 is 0 Å². The van der Waals surface area contributed by atoms with Gasteiger partial charge < -0.3 is 19.9 Å². The highest BCUT2D eigenvalue weighted by molar-refractivity contribution is 5.92. The van der Waals surface area contributed by atoms with Crippen molar-refractivity contribution in [2.45, 2.75) is 19.4 Å². The quantitative estimate of drug-likeness (QED) is 0.850. The average molecular weight is 368 g/mol. The van der Waals surface area contributed by atoms with Crippen LogP contribution in [0.4, 0.5) is 11.6 Å². The van der Waals surface area contributed by atoms with Gasteiger partial charge in [0.15, 0.2) is 0 Å². The van der Waals surface area contributed by atoms with Crippen LogP contribution in [-0.2, 0) is 11.3 Å². The van der Waals surface area contributed by atoms with Crippen LogP contribution in [-0.4, -0.2) is 60.3 Å².